The fourth-order valence-electron chi connectivity index (χ4n) is 1.84. The smallest absolute Gasteiger partial charge is 0.119 e. The third kappa shape index (κ3) is 4.68. The molecule has 0 atom stereocenters. The monoisotopic (exact) mass is 301 g/mol. The Hall–Kier alpha value is -1.67. The van der Waals surface area contributed by atoms with Crippen LogP contribution in [0.1, 0.15) is 11.1 Å². The van der Waals surface area contributed by atoms with Gasteiger partial charge in [-0.15, -0.1) is 5.48 Å². The van der Waals surface area contributed by atoms with Crippen LogP contribution in [0.5, 0.6) is 5.75 Å². The van der Waals surface area contributed by atoms with E-state index in [2.05, 4.69) is 0 Å². The lowest BCUT2D eigenvalue weighted by Crippen LogP contribution is -2.18. The SMILES string of the molecule is COCCOc1ccc(P=C([O-])c2ccccc2)c(C)c1. The summed E-state index contributed by atoms with van der Waals surface area (Å²) in [6, 6.07) is 15.1. The Morgan fingerprint density at radius 1 is 1.10 bits per heavy atom. The standard InChI is InChI=1S/C17H19O3P/c1-13-12-15(20-11-10-19-2)8-9-16(13)21-17(18)14-6-4-3-5-7-14/h3-9,12,18H,10-11H2,1-2H3/p-1. The second-order valence-electron chi connectivity index (χ2n) is 4.57. The van der Waals surface area contributed by atoms with Gasteiger partial charge >= 0.3 is 0 Å². The van der Waals surface area contributed by atoms with Crippen molar-refractivity contribution in [2.24, 2.45) is 0 Å². The highest BCUT2D eigenvalue weighted by molar-refractivity contribution is 7.49. The van der Waals surface area contributed by atoms with Crippen LogP contribution in [0.15, 0.2) is 48.5 Å². The first-order valence-electron chi connectivity index (χ1n) is 6.74. The van der Waals surface area contributed by atoms with Gasteiger partial charge in [-0.05, 0) is 36.2 Å². The van der Waals surface area contributed by atoms with E-state index in [1.54, 1.807) is 7.11 Å². The van der Waals surface area contributed by atoms with Gasteiger partial charge in [-0.1, -0.05) is 38.5 Å². The number of rotatable bonds is 6. The Morgan fingerprint density at radius 3 is 2.52 bits per heavy atom. The van der Waals surface area contributed by atoms with Crippen LogP contribution in [0, 0.1) is 6.92 Å². The van der Waals surface area contributed by atoms with E-state index in [0.717, 1.165) is 22.2 Å². The molecule has 0 N–H and O–H groups in total. The summed E-state index contributed by atoms with van der Waals surface area (Å²) in [6.45, 7) is 3.07. The summed E-state index contributed by atoms with van der Waals surface area (Å²) in [6.07, 6.45) is 0. The van der Waals surface area contributed by atoms with Crippen molar-refractivity contribution in [3.8, 4) is 5.75 Å². The van der Waals surface area contributed by atoms with Crippen LogP contribution in [0.3, 0.4) is 0 Å². The Labute approximate surface area is 127 Å². The molecule has 0 saturated carbocycles. The van der Waals surface area contributed by atoms with Crippen LogP contribution < -0.4 is 15.1 Å². The van der Waals surface area contributed by atoms with Crippen LogP contribution in [0.2, 0.25) is 0 Å². The van der Waals surface area contributed by atoms with Crippen LogP contribution in [0.4, 0.5) is 0 Å². The molecular formula is C17H18O3P-. The van der Waals surface area contributed by atoms with E-state index in [1.807, 2.05) is 55.5 Å². The molecule has 21 heavy (non-hydrogen) atoms. The van der Waals surface area contributed by atoms with Crippen molar-refractivity contribution in [1.82, 2.24) is 0 Å². The Bertz CT molecular complexity index is 609. The largest absolute Gasteiger partial charge is 0.823 e. The number of aryl methyl sites for hydroxylation is 1. The van der Waals surface area contributed by atoms with E-state index in [0.29, 0.717) is 21.4 Å². The van der Waals surface area contributed by atoms with Crippen molar-refractivity contribution in [1.29, 1.82) is 0 Å². The van der Waals surface area contributed by atoms with Gasteiger partial charge in [-0.2, -0.15) is 0 Å². The van der Waals surface area contributed by atoms with Crippen molar-refractivity contribution in [2.75, 3.05) is 20.3 Å². The summed E-state index contributed by atoms with van der Waals surface area (Å²) in [5, 5.41) is 13.2. The van der Waals surface area contributed by atoms with Gasteiger partial charge in [0.25, 0.3) is 0 Å². The van der Waals surface area contributed by atoms with Gasteiger partial charge in [0.05, 0.1) is 6.61 Å². The van der Waals surface area contributed by atoms with Gasteiger partial charge < -0.3 is 14.6 Å². The van der Waals surface area contributed by atoms with Gasteiger partial charge in [-0.3, -0.25) is 0 Å². The highest BCUT2D eigenvalue weighted by Gasteiger charge is 2.00. The van der Waals surface area contributed by atoms with Gasteiger partial charge in [0.2, 0.25) is 0 Å². The predicted molar refractivity (Wildman–Crippen MR) is 85.7 cm³/mol. The van der Waals surface area contributed by atoms with Gasteiger partial charge in [0.15, 0.2) is 0 Å². The highest BCUT2D eigenvalue weighted by atomic mass is 31.1. The molecule has 0 heterocycles. The second-order valence-corrected chi connectivity index (χ2v) is 5.68. The van der Waals surface area contributed by atoms with E-state index in [9.17, 15) is 5.11 Å². The van der Waals surface area contributed by atoms with Crippen LogP contribution in [-0.4, -0.2) is 25.8 Å². The zero-order chi connectivity index (χ0) is 15.1. The molecule has 0 fully saturated rings. The Morgan fingerprint density at radius 2 is 1.86 bits per heavy atom. The average molecular weight is 301 g/mol. The molecule has 0 aromatic heterocycles. The molecule has 0 saturated heterocycles. The normalized spacial score (nSPS) is 11.5. The third-order valence-corrected chi connectivity index (χ3v) is 4.17. The van der Waals surface area contributed by atoms with Crippen LogP contribution in [-0.2, 0) is 4.74 Å². The van der Waals surface area contributed by atoms with Crippen molar-refractivity contribution in [2.45, 2.75) is 6.92 Å². The molecule has 2 aromatic carbocycles. The van der Waals surface area contributed by atoms with E-state index in [4.69, 9.17) is 9.47 Å². The van der Waals surface area contributed by atoms with Crippen molar-refractivity contribution < 1.29 is 14.6 Å². The summed E-state index contributed by atoms with van der Waals surface area (Å²) in [4.78, 5) is 0. The van der Waals surface area contributed by atoms with Crippen molar-refractivity contribution in [3.05, 3.63) is 59.7 Å². The minimum atomic E-state index is 0.103. The highest BCUT2D eigenvalue weighted by Crippen LogP contribution is 2.16. The molecule has 0 unspecified atom stereocenters. The molecule has 0 spiro atoms. The first-order chi connectivity index (χ1) is 10.2. The Balaban J connectivity index is 2.14. The van der Waals surface area contributed by atoms with E-state index in [1.165, 1.54) is 0 Å². The topological polar surface area (TPSA) is 41.5 Å². The molecule has 0 amide bonds. The maximum Gasteiger partial charge on any atom is 0.119 e. The van der Waals surface area contributed by atoms with Crippen LogP contribution >= 0.6 is 8.20 Å². The second kappa shape index (κ2) is 7.94. The lowest BCUT2D eigenvalue weighted by molar-refractivity contribution is -0.207. The lowest BCUT2D eigenvalue weighted by Gasteiger charge is -2.13. The Kier molecular flexibility index (Phi) is 5.94. The fourth-order valence-corrected chi connectivity index (χ4v) is 2.73. The van der Waals surface area contributed by atoms with Gasteiger partial charge in [-0.25, -0.2) is 0 Å². The molecule has 2 aromatic rings. The van der Waals surface area contributed by atoms with E-state index < -0.39 is 0 Å². The fraction of sp³-hybridized carbons (Fsp3) is 0.235. The molecule has 0 bridgehead atoms. The molecular weight excluding hydrogens is 283 g/mol. The number of methoxy groups -OCH3 is 1. The first-order valence-corrected chi connectivity index (χ1v) is 7.63. The van der Waals surface area contributed by atoms with Crippen molar-refractivity contribution >= 4 is 19.0 Å². The molecule has 0 aliphatic heterocycles. The minimum Gasteiger partial charge on any atom is -0.823 e. The van der Waals surface area contributed by atoms with E-state index >= 15 is 0 Å². The third-order valence-electron chi connectivity index (χ3n) is 2.97. The summed E-state index contributed by atoms with van der Waals surface area (Å²) < 4.78 is 10.5. The molecule has 0 aliphatic carbocycles. The number of hydrogen-bond donors (Lipinski definition) is 0. The number of benzene rings is 2. The molecule has 110 valence electrons. The number of hydrogen-bond acceptors (Lipinski definition) is 3. The zero-order valence-electron chi connectivity index (χ0n) is 12.2. The molecule has 4 heteroatoms. The molecule has 3 nitrogen and oxygen atoms in total. The quantitative estimate of drug-likeness (QED) is 0.606. The molecule has 0 radical (unpaired) electrons. The predicted octanol–water partition coefficient (Wildman–Crippen LogP) is 2.13. The number of ether oxygens (including phenoxy) is 2. The van der Waals surface area contributed by atoms with E-state index in [-0.39, 0.29) is 5.48 Å². The van der Waals surface area contributed by atoms with Gasteiger partial charge in [0.1, 0.15) is 12.4 Å². The minimum absolute atomic E-state index is 0.103. The summed E-state index contributed by atoms with van der Waals surface area (Å²) in [5.41, 5.74) is 1.89. The van der Waals surface area contributed by atoms with Crippen LogP contribution in [0.25, 0.3) is 0 Å². The molecule has 2 rings (SSSR count). The summed E-state index contributed by atoms with van der Waals surface area (Å²) >= 11 is 0. The maximum atomic E-state index is 12.2. The average Bonchev–Trinajstić information content (AvgIpc) is 2.51. The first kappa shape index (κ1) is 15.7. The summed E-state index contributed by atoms with van der Waals surface area (Å²) in [7, 11) is 2.33. The van der Waals surface area contributed by atoms with Crippen molar-refractivity contribution in [3.63, 3.8) is 0 Å². The summed E-state index contributed by atoms with van der Waals surface area (Å²) in [5.74, 6) is 0.802. The van der Waals surface area contributed by atoms with Gasteiger partial charge in [0, 0.05) is 12.4 Å². The lowest BCUT2D eigenvalue weighted by atomic mass is 10.2. The zero-order valence-corrected chi connectivity index (χ0v) is 13.1. The molecule has 0 aliphatic rings. The maximum absolute atomic E-state index is 12.2.